The van der Waals surface area contributed by atoms with E-state index in [9.17, 15) is 13.2 Å². The van der Waals surface area contributed by atoms with E-state index in [-0.39, 0.29) is 18.1 Å². The van der Waals surface area contributed by atoms with E-state index >= 15 is 0 Å². The summed E-state index contributed by atoms with van der Waals surface area (Å²) in [6.45, 7) is 2.95. The lowest BCUT2D eigenvalue weighted by atomic mass is 10.0. The molecule has 0 saturated carbocycles. The summed E-state index contributed by atoms with van der Waals surface area (Å²) in [5.74, 6) is -1.38. The topological polar surface area (TPSA) is 104 Å². The van der Waals surface area contributed by atoms with E-state index in [1.165, 1.54) is 0 Å². The molecule has 0 atom stereocenters. The van der Waals surface area contributed by atoms with Gasteiger partial charge in [-0.05, 0) is 32.4 Å². The van der Waals surface area contributed by atoms with Gasteiger partial charge in [-0.15, -0.1) is 0 Å². The second-order valence-electron chi connectivity index (χ2n) is 5.03. The van der Waals surface area contributed by atoms with Gasteiger partial charge in [0.25, 0.3) is 0 Å². The molecule has 0 fully saturated rings. The molecule has 0 aliphatic carbocycles. The van der Waals surface area contributed by atoms with Gasteiger partial charge in [0.15, 0.2) is 0 Å². The van der Waals surface area contributed by atoms with Crippen molar-refractivity contribution in [2.75, 3.05) is 6.61 Å². The van der Waals surface area contributed by atoms with E-state index in [4.69, 9.17) is 33.4 Å². The Morgan fingerprint density at radius 1 is 1.33 bits per heavy atom. The molecule has 1 aromatic rings. The molecule has 6 nitrogen and oxygen atoms in total. The van der Waals surface area contributed by atoms with Gasteiger partial charge in [-0.2, -0.15) is 0 Å². The second kappa shape index (κ2) is 6.50. The van der Waals surface area contributed by atoms with E-state index in [2.05, 4.69) is 4.72 Å². The number of carboxylic acid groups (broad SMARTS) is 1. The highest BCUT2D eigenvalue weighted by molar-refractivity contribution is 7.89. The SMILES string of the molecule is CC(C)(CCO)NS(=O)(=O)c1cc(Cl)cc(C(=O)O)c1Cl. The summed E-state index contributed by atoms with van der Waals surface area (Å²) in [5, 5.41) is 17.5. The number of sulfonamides is 1. The average molecular weight is 356 g/mol. The summed E-state index contributed by atoms with van der Waals surface area (Å²) in [6, 6.07) is 2.15. The van der Waals surface area contributed by atoms with E-state index < -0.39 is 37.0 Å². The fourth-order valence-corrected chi connectivity index (χ4v) is 4.01. The van der Waals surface area contributed by atoms with Gasteiger partial charge in [-0.25, -0.2) is 17.9 Å². The number of aliphatic hydroxyl groups is 1. The standard InChI is InChI=1S/C12H15Cl2NO5S/c1-12(2,3-4-16)15-21(19,20)9-6-7(13)5-8(10(9)14)11(17)18/h5-6,15-16H,3-4H2,1-2H3,(H,17,18). The van der Waals surface area contributed by atoms with Crippen molar-refractivity contribution in [2.24, 2.45) is 0 Å². The molecule has 0 aliphatic heterocycles. The molecular formula is C12H15Cl2NO5S. The number of carbonyl (C=O) groups is 1. The summed E-state index contributed by atoms with van der Waals surface area (Å²) >= 11 is 11.6. The third kappa shape index (κ3) is 4.55. The van der Waals surface area contributed by atoms with Crippen LogP contribution in [0.5, 0.6) is 0 Å². The summed E-state index contributed by atoms with van der Waals surface area (Å²) < 4.78 is 27.0. The van der Waals surface area contributed by atoms with E-state index in [0.717, 1.165) is 12.1 Å². The monoisotopic (exact) mass is 355 g/mol. The van der Waals surface area contributed by atoms with Crippen LogP contribution >= 0.6 is 23.2 Å². The molecule has 0 heterocycles. The number of halogens is 2. The van der Waals surface area contributed by atoms with Gasteiger partial charge < -0.3 is 10.2 Å². The van der Waals surface area contributed by atoms with Crippen LogP contribution in [0, 0.1) is 0 Å². The quantitative estimate of drug-likeness (QED) is 0.724. The van der Waals surface area contributed by atoms with Crippen LogP contribution in [0.4, 0.5) is 0 Å². The van der Waals surface area contributed by atoms with Crippen molar-refractivity contribution in [1.82, 2.24) is 4.72 Å². The maximum atomic E-state index is 12.3. The Bertz CT molecular complexity index is 658. The van der Waals surface area contributed by atoms with Crippen molar-refractivity contribution in [2.45, 2.75) is 30.7 Å². The van der Waals surface area contributed by atoms with Gasteiger partial charge in [0.2, 0.25) is 10.0 Å². The fraction of sp³-hybridized carbons (Fsp3) is 0.417. The van der Waals surface area contributed by atoms with Crippen molar-refractivity contribution in [1.29, 1.82) is 0 Å². The van der Waals surface area contributed by atoms with Gasteiger partial charge in [0, 0.05) is 17.2 Å². The zero-order valence-electron chi connectivity index (χ0n) is 11.4. The maximum absolute atomic E-state index is 12.3. The van der Waals surface area contributed by atoms with E-state index in [1.807, 2.05) is 0 Å². The van der Waals surface area contributed by atoms with Crippen LogP contribution in [0.15, 0.2) is 17.0 Å². The predicted octanol–water partition coefficient (Wildman–Crippen LogP) is 2.13. The number of aromatic carboxylic acids is 1. The smallest absolute Gasteiger partial charge is 0.337 e. The molecule has 3 N–H and O–H groups in total. The minimum atomic E-state index is -4.09. The summed E-state index contributed by atoms with van der Waals surface area (Å²) in [4.78, 5) is 10.6. The van der Waals surface area contributed by atoms with Crippen LogP contribution in [0.2, 0.25) is 10.0 Å². The molecule has 9 heteroatoms. The van der Waals surface area contributed by atoms with Crippen molar-refractivity contribution in [3.05, 3.63) is 27.7 Å². The Labute approximate surface area is 132 Å². The molecule has 1 aromatic carbocycles. The van der Waals surface area contributed by atoms with Crippen LogP contribution in [0.1, 0.15) is 30.6 Å². The van der Waals surface area contributed by atoms with E-state index in [0.29, 0.717) is 0 Å². The Morgan fingerprint density at radius 3 is 2.38 bits per heavy atom. The summed E-state index contributed by atoms with van der Waals surface area (Å²) in [7, 11) is -4.09. The van der Waals surface area contributed by atoms with Crippen LogP contribution in [0.3, 0.4) is 0 Å². The number of aliphatic hydroxyl groups excluding tert-OH is 1. The Morgan fingerprint density at radius 2 is 1.90 bits per heavy atom. The van der Waals surface area contributed by atoms with Crippen LogP contribution in [0.25, 0.3) is 0 Å². The number of hydrogen-bond donors (Lipinski definition) is 3. The van der Waals surface area contributed by atoms with Gasteiger partial charge in [0.05, 0.1) is 10.6 Å². The Hall–Kier alpha value is -0.860. The maximum Gasteiger partial charge on any atom is 0.337 e. The Kier molecular flexibility index (Phi) is 5.63. The Balaban J connectivity index is 3.36. The first-order valence-corrected chi connectivity index (χ1v) is 8.11. The van der Waals surface area contributed by atoms with Crippen molar-refractivity contribution < 1.29 is 23.4 Å². The first kappa shape index (κ1) is 18.2. The molecule has 0 radical (unpaired) electrons. The molecular weight excluding hydrogens is 341 g/mol. The lowest BCUT2D eigenvalue weighted by molar-refractivity contribution is 0.0697. The molecule has 0 spiro atoms. The molecule has 0 saturated heterocycles. The third-order valence-electron chi connectivity index (χ3n) is 2.67. The molecule has 1 rings (SSSR count). The van der Waals surface area contributed by atoms with Gasteiger partial charge in [-0.3, -0.25) is 0 Å². The van der Waals surface area contributed by atoms with Crippen molar-refractivity contribution >= 4 is 39.2 Å². The zero-order chi connectivity index (χ0) is 16.4. The minimum Gasteiger partial charge on any atom is -0.478 e. The number of carboxylic acids is 1. The first-order chi connectivity index (χ1) is 9.50. The van der Waals surface area contributed by atoms with Crippen molar-refractivity contribution in [3.8, 4) is 0 Å². The number of hydrogen-bond acceptors (Lipinski definition) is 4. The third-order valence-corrected chi connectivity index (χ3v) is 5.13. The highest BCUT2D eigenvalue weighted by Crippen LogP contribution is 2.30. The number of benzene rings is 1. The van der Waals surface area contributed by atoms with Crippen molar-refractivity contribution in [3.63, 3.8) is 0 Å². The van der Waals surface area contributed by atoms with Crippen LogP contribution in [-0.4, -0.2) is 36.7 Å². The number of rotatable bonds is 6. The molecule has 0 amide bonds. The highest BCUT2D eigenvalue weighted by atomic mass is 35.5. The van der Waals surface area contributed by atoms with Crippen LogP contribution < -0.4 is 4.72 Å². The lowest BCUT2D eigenvalue weighted by Gasteiger charge is -2.25. The fourth-order valence-electron chi connectivity index (χ4n) is 1.66. The zero-order valence-corrected chi connectivity index (χ0v) is 13.7. The molecule has 0 aliphatic rings. The molecule has 0 aromatic heterocycles. The molecule has 0 bridgehead atoms. The largest absolute Gasteiger partial charge is 0.478 e. The minimum absolute atomic E-state index is 0.0582. The predicted molar refractivity (Wildman–Crippen MR) is 79.5 cm³/mol. The number of nitrogens with one attached hydrogen (secondary N) is 1. The normalized spacial score (nSPS) is 12.4. The summed E-state index contributed by atoms with van der Waals surface area (Å²) in [6.07, 6.45) is 0.177. The van der Waals surface area contributed by atoms with Gasteiger partial charge in [-0.1, -0.05) is 23.2 Å². The van der Waals surface area contributed by atoms with Crippen LogP contribution in [-0.2, 0) is 10.0 Å². The average Bonchev–Trinajstić information content (AvgIpc) is 2.29. The molecule has 0 unspecified atom stereocenters. The summed E-state index contributed by atoms with van der Waals surface area (Å²) in [5.41, 5.74) is -1.33. The highest BCUT2D eigenvalue weighted by Gasteiger charge is 2.29. The molecule has 118 valence electrons. The van der Waals surface area contributed by atoms with Gasteiger partial charge >= 0.3 is 5.97 Å². The lowest BCUT2D eigenvalue weighted by Crippen LogP contribution is -2.44. The first-order valence-electron chi connectivity index (χ1n) is 5.87. The van der Waals surface area contributed by atoms with E-state index in [1.54, 1.807) is 13.8 Å². The van der Waals surface area contributed by atoms with Gasteiger partial charge in [0.1, 0.15) is 4.90 Å². The molecule has 21 heavy (non-hydrogen) atoms. The second-order valence-corrected chi connectivity index (χ2v) is 7.50.